The van der Waals surface area contributed by atoms with Crippen molar-refractivity contribution >= 4 is 22.7 Å². The van der Waals surface area contributed by atoms with E-state index in [9.17, 15) is 14.7 Å². The molecule has 1 saturated carbocycles. The van der Waals surface area contributed by atoms with Crippen LogP contribution in [0, 0.1) is 0 Å². The smallest absolute Gasteiger partial charge is 0.254 e. The highest BCUT2D eigenvalue weighted by Gasteiger charge is 2.50. The molecule has 6 heteroatoms. The Morgan fingerprint density at radius 3 is 2.28 bits per heavy atom. The van der Waals surface area contributed by atoms with E-state index in [1.807, 2.05) is 42.6 Å². The number of rotatable bonds is 3. The molecule has 0 spiro atoms. The van der Waals surface area contributed by atoms with Crippen molar-refractivity contribution in [2.24, 2.45) is 0 Å². The summed E-state index contributed by atoms with van der Waals surface area (Å²) in [6.07, 6.45) is 3.03. The predicted octanol–water partition coefficient (Wildman–Crippen LogP) is 2.64. The van der Waals surface area contributed by atoms with Crippen molar-refractivity contribution in [3.8, 4) is 11.1 Å². The summed E-state index contributed by atoms with van der Waals surface area (Å²) < 4.78 is 0. The average Bonchev–Trinajstić information content (AvgIpc) is 3.33. The van der Waals surface area contributed by atoms with E-state index >= 15 is 0 Å². The molecule has 2 N–H and O–H groups in total. The van der Waals surface area contributed by atoms with Gasteiger partial charge in [-0.2, -0.15) is 0 Å². The number of hydrogen-bond acceptors (Lipinski definition) is 3. The van der Waals surface area contributed by atoms with Crippen LogP contribution in [0.2, 0.25) is 0 Å². The van der Waals surface area contributed by atoms with Crippen LogP contribution in [-0.2, 0) is 4.79 Å². The van der Waals surface area contributed by atoms with Crippen molar-refractivity contribution in [2.75, 3.05) is 26.2 Å². The Bertz CT molecular complexity index is 1070. The van der Waals surface area contributed by atoms with Gasteiger partial charge >= 0.3 is 0 Å². The molecule has 2 heterocycles. The molecule has 0 atom stereocenters. The van der Waals surface area contributed by atoms with Gasteiger partial charge in [-0.25, -0.2) is 0 Å². The fourth-order valence-corrected chi connectivity index (χ4v) is 4.05. The summed E-state index contributed by atoms with van der Waals surface area (Å²) in [5.41, 5.74) is 2.80. The van der Waals surface area contributed by atoms with E-state index in [0.29, 0.717) is 44.6 Å². The highest BCUT2D eigenvalue weighted by atomic mass is 16.3. The first-order valence-electron chi connectivity index (χ1n) is 10.0. The molecule has 3 aromatic rings. The molecule has 0 bridgehead atoms. The maximum Gasteiger partial charge on any atom is 0.254 e. The second kappa shape index (κ2) is 6.74. The molecule has 148 valence electrons. The van der Waals surface area contributed by atoms with Crippen LogP contribution in [0.5, 0.6) is 0 Å². The number of hydrogen-bond donors (Lipinski definition) is 2. The molecule has 2 aromatic carbocycles. The number of amides is 2. The first-order chi connectivity index (χ1) is 14.0. The summed E-state index contributed by atoms with van der Waals surface area (Å²) in [7, 11) is 0. The fraction of sp³-hybridized carbons (Fsp3) is 0.304. The van der Waals surface area contributed by atoms with Crippen molar-refractivity contribution in [3.05, 3.63) is 60.3 Å². The van der Waals surface area contributed by atoms with E-state index in [0.717, 1.165) is 22.0 Å². The van der Waals surface area contributed by atoms with Gasteiger partial charge < -0.3 is 19.9 Å². The zero-order valence-corrected chi connectivity index (χ0v) is 16.1. The molecule has 29 heavy (non-hydrogen) atoms. The van der Waals surface area contributed by atoms with Gasteiger partial charge in [0, 0.05) is 48.8 Å². The Morgan fingerprint density at radius 1 is 0.897 bits per heavy atom. The summed E-state index contributed by atoms with van der Waals surface area (Å²) in [6.45, 7) is 1.93. The predicted molar refractivity (Wildman–Crippen MR) is 110 cm³/mol. The van der Waals surface area contributed by atoms with Gasteiger partial charge in [-0.05, 0) is 48.2 Å². The molecule has 1 saturated heterocycles. The largest absolute Gasteiger partial charge is 0.380 e. The Kier molecular flexibility index (Phi) is 4.17. The second-order valence-corrected chi connectivity index (χ2v) is 7.94. The number of piperazine rings is 1. The van der Waals surface area contributed by atoms with Gasteiger partial charge in [0.05, 0.1) is 0 Å². The third-order valence-corrected chi connectivity index (χ3v) is 6.01. The number of aliphatic hydroxyl groups is 1. The molecule has 1 aliphatic carbocycles. The summed E-state index contributed by atoms with van der Waals surface area (Å²) >= 11 is 0. The van der Waals surface area contributed by atoms with E-state index < -0.39 is 5.60 Å². The zero-order valence-electron chi connectivity index (χ0n) is 16.1. The van der Waals surface area contributed by atoms with Crippen LogP contribution in [-0.4, -0.2) is 63.5 Å². The number of nitrogens with one attached hydrogen (secondary N) is 1. The number of carbonyl (C=O) groups is 2. The zero-order chi connectivity index (χ0) is 20.0. The molecule has 6 nitrogen and oxygen atoms in total. The fourth-order valence-electron chi connectivity index (χ4n) is 4.05. The summed E-state index contributed by atoms with van der Waals surface area (Å²) in [5, 5.41) is 11.2. The van der Waals surface area contributed by atoms with Crippen molar-refractivity contribution in [1.82, 2.24) is 14.8 Å². The lowest BCUT2D eigenvalue weighted by Gasteiger charge is -2.35. The van der Waals surface area contributed by atoms with Gasteiger partial charge in [-0.3, -0.25) is 9.59 Å². The third kappa shape index (κ3) is 3.19. The molecule has 0 radical (unpaired) electrons. The lowest BCUT2D eigenvalue weighted by atomic mass is 10.00. The molecule has 2 amide bonds. The number of H-pyrrole nitrogens is 1. The van der Waals surface area contributed by atoms with Gasteiger partial charge in [0.25, 0.3) is 11.8 Å². The van der Waals surface area contributed by atoms with E-state index in [2.05, 4.69) is 17.1 Å². The molecule has 5 rings (SSSR count). The summed E-state index contributed by atoms with van der Waals surface area (Å²) in [6, 6.07) is 15.9. The Labute approximate surface area is 168 Å². The lowest BCUT2D eigenvalue weighted by molar-refractivity contribution is -0.143. The summed E-state index contributed by atoms with van der Waals surface area (Å²) in [4.78, 5) is 31.8. The van der Waals surface area contributed by atoms with Crippen molar-refractivity contribution < 1.29 is 14.7 Å². The van der Waals surface area contributed by atoms with Gasteiger partial charge in [0.2, 0.25) is 0 Å². The molecule has 1 aromatic heterocycles. The number of benzene rings is 2. The van der Waals surface area contributed by atoms with E-state index in [1.165, 1.54) is 0 Å². The number of nitrogens with zero attached hydrogens (tertiary/aromatic N) is 2. The van der Waals surface area contributed by atoms with Gasteiger partial charge in [-0.15, -0.1) is 0 Å². The standard InChI is InChI=1S/C23H23N3O3/c27-21(25-12-14-26(15-13-25)22(28)23(29)9-10-23)17-6-4-16(5-7-17)18-2-1-3-20-19(18)8-11-24-20/h1-8,11,24,29H,9-10,12-15H2. The number of aromatic nitrogens is 1. The van der Waals surface area contributed by atoms with Gasteiger partial charge in [0.15, 0.2) is 0 Å². The van der Waals surface area contributed by atoms with E-state index in [1.54, 1.807) is 9.80 Å². The van der Waals surface area contributed by atoms with E-state index in [-0.39, 0.29) is 11.8 Å². The lowest BCUT2D eigenvalue weighted by Crippen LogP contribution is -2.53. The van der Waals surface area contributed by atoms with Crippen LogP contribution in [0.1, 0.15) is 23.2 Å². The monoisotopic (exact) mass is 389 g/mol. The number of aromatic amines is 1. The SMILES string of the molecule is O=C(c1ccc(-c2cccc3[nH]ccc23)cc1)N1CCN(C(=O)C2(O)CC2)CC1. The second-order valence-electron chi connectivity index (χ2n) is 7.94. The average molecular weight is 389 g/mol. The summed E-state index contributed by atoms with van der Waals surface area (Å²) in [5.74, 6) is -0.207. The molecular formula is C23H23N3O3. The van der Waals surface area contributed by atoms with Crippen molar-refractivity contribution in [1.29, 1.82) is 0 Å². The maximum atomic E-state index is 12.9. The molecule has 2 fully saturated rings. The first-order valence-corrected chi connectivity index (χ1v) is 10.0. The third-order valence-electron chi connectivity index (χ3n) is 6.01. The molecule has 2 aliphatic rings. The minimum atomic E-state index is -1.13. The highest BCUT2D eigenvalue weighted by molar-refractivity contribution is 5.97. The van der Waals surface area contributed by atoms with Crippen molar-refractivity contribution in [2.45, 2.75) is 18.4 Å². The first kappa shape index (κ1) is 17.9. The minimum Gasteiger partial charge on any atom is -0.380 e. The number of carbonyl (C=O) groups excluding carboxylic acids is 2. The Morgan fingerprint density at radius 2 is 1.59 bits per heavy atom. The quantitative estimate of drug-likeness (QED) is 0.723. The van der Waals surface area contributed by atoms with Crippen LogP contribution in [0.4, 0.5) is 0 Å². The normalized spacial score (nSPS) is 18.1. The number of fused-ring (bicyclic) bond motifs is 1. The van der Waals surface area contributed by atoms with Crippen LogP contribution < -0.4 is 0 Å². The van der Waals surface area contributed by atoms with Crippen LogP contribution in [0.15, 0.2) is 54.7 Å². The van der Waals surface area contributed by atoms with Gasteiger partial charge in [-0.1, -0.05) is 24.3 Å². The minimum absolute atomic E-state index is 0.0198. The van der Waals surface area contributed by atoms with Crippen molar-refractivity contribution in [3.63, 3.8) is 0 Å². The van der Waals surface area contributed by atoms with E-state index in [4.69, 9.17) is 0 Å². The molecule has 0 unspecified atom stereocenters. The van der Waals surface area contributed by atoms with Crippen LogP contribution in [0.25, 0.3) is 22.0 Å². The van der Waals surface area contributed by atoms with Gasteiger partial charge in [0.1, 0.15) is 5.60 Å². The highest BCUT2D eigenvalue weighted by Crippen LogP contribution is 2.37. The van der Waals surface area contributed by atoms with Crippen LogP contribution >= 0.6 is 0 Å². The Hall–Kier alpha value is -3.12. The topological polar surface area (TPSA) is 76.6 Å². The Balaban J connectivity index is 1.28. The molecule has 1 aliphatic heterocycles. The molecular weight excluding hydrogens is 366 g/mol. The van der Waals surface area contributed by atoms with Crippen LogP contribution in [0.3, 0.4) is 0 Å². The maximum absolute atomic E-state index is 12.9.